The highest BCUT2D eigenvalue weighted by molar-refractivity contribution is 6.31. The van der Waals surface area contributed by atoms with Gasteiger partial charge in [-0.25, -0.2) is 0 Å². The molecule has 2 aliphatic rings. The number of carbonyl (C=O) groups excluding carboxylic acids is 2. The number of aliphatic hydroxyl groups excluding tert-OH is 2. The maximum atomic E-state index is 13.1. The molecule has 0 saturated carbocycles. The Morgan fingerprint density at radius 3 is 2.60 bits per heavy atom. The summed E-state index contributed by atoms with van der Waals surface area (Å²) >= 11 is 6.24. The number of allylic oxidation sites excluding steroid dienone is 2. The molecule has 0 amide bonds. The van der Waals surface area contributed by atoms with Gasteiger partial charge in [-0.3, -0.25) is 24.7 Å². The Labute approximate surface area is 240 Å². The highest BCUT2D eigenvalue weighted by Crippen LogP contribution is 2.45. The summed E-state index contributed by atoms with van der Waals surface area (Å²) < 4.78 is 5.99. The number of aliphatic hydroxyl groups is 2. The Balaban J connectivity index is 1.80. The summed E-state index contributed by atoms with van der Waals surface area (Å²) in [6.45, 7) is 5.76. The molecule has 3 rings (SSSR count). The van der Waals surface area contributed by atoms with Crippen LogP contribution in [-0.2, 0) is 30.6 Å². The number of ether oxygens (including phenoxy) is 1. The number of rotatable bonds is 14. The van der Waals surface area contributed by atoms with E-state index in [0.717, 1.165) is 5.56 Å². The van der Waals surface area contributed by atoms with Crippen molar-refractivity contribution in [3.05, 3.63) is 58.3 Å². The van der Waals surface area contributed by atoms with Gasteiger partial charge in [-0.1, -0.05) is 56.6 Å². The monoisotopic (exact) mass is 577 g/mol. The number of carboxylic acids is 1. The molecule has 10 heteroatoms. The minimum Gasteiger partial charge on any atom is -0.481 e. The Morgan fingerprint density at radius 1 is 1.20 bits per heavy atom. The zero-order chi connectivity index (χ0) is 29.4. The van der Waals surface area contributed by atoms with Crippen LogP contribution in [0, 0.1) is 23.7 Å². The number of fused-ring (bicyclic) bond motifs is 1. The molecule has 0 radical (unpaired) electrons. The maximum absolute atomic E-state index is 13.1. The van der Waals surface area contributed by atoms with Crippen LogP contribution >= 0.6 is 11.6 Å². The van der Waals surface area contributed by atoms with E-state index in [1.807, 2.05) is 45.0 Å². The van der Waals surface area contributed by atoms with E-state index in [4.69, 9.17) is 26.3 Å². The van der Waals surface area contributed by atoms with E-state index < -0.39 is 36.6 Å². The van der Waals surface area contributed by atoms with Crippen molar-refractivity contribution in [3.8, 4) is 0 Å². The standard InChI is InChI=1S/C30H40ClNO8/c1-4-17(2)30(38)40-27-12-11-25(32-39-16-19-7-5-6-8-24(19)31)23-15-26(35)18(3)22(29(23)27)10-9-20(33)13-21(34)14-28(36)37/h5-8,11,15,17-18,20-22,27,29,32-34H,4,9-10,12-14,16H2,1-3H3,(H,36,37). The number of carbonyl (C=O) groups is 3. The number of hydrogen-bond donors (Lipinski definition) is 4. The molecule has 4 N–H and O–H groups in total. The van der Waals surface area contributed by atoms with Crippen molar-refractivity contribution in [1.82, 2.24) is 5.48 Å². The molecular formula is C30H40ClNO8. The number of ketones is 1. The van der Waals surface area contributed by atoms with Gasteiger partial charge in [-0.05, 0) is 54.9 Å². The predicted molar refractivity (Wildman–Crippen MR) is 149 cm³/mol. The SMILES string of the molecule is CCC(C)C(=O)OC1CC=C(NOCc2ccccc2Cl)C2=CC(=O)C(C)C(CCC(O)CC(O)CC(=O)O)C21. The van der Waals surface area contributed by atoms with Gasteiger partial charge in [0.25, 0.3) is 0 Å². The first-order chi connectivity index (χ1) is 19.0. The van der Waals surface area contributed by atoms with Crippen molar-refractivity contribution < 1.29 is 39.3 Å². The topological polar surface area (TPSA) is 142 Å². The molecule has 0 fully saturated rings. The second kappa shape index (κ2) is 14.8. The van der Waals surface area contributed by atoms with E-state index >= 15 is 0 Å². The third-order valence-electron chi connectivity index (χ3n) is 7.91. The van der Waals surface area contributed by atoms with E-state index in [1.54, 1.807) is 12.1 Å². The van der Waals surface area contributed by atoms with Crippen molar-refractivity contribution in [2.24, 2.45) is 23.7 Å². The first-order valence-electron chi connectivity index (χ1n) is 13.9. The fraction of sp³-hybridized carbons (Fsp3) is 0.567. The van der Waals surface area contributed by atoms with Crippen LogP contribution in [0.3, 0.4) is 0 Å². The van der Waals surface area contributed by atoms with Crippen LogP contribution in [0.15, 0.2) is 47.7 Å². The van der Waals surface area contributed by atoms with Crippen LogP contribution in [0.2, 0.25) is 5.02 Å². The fourth-order valence-corrected chi connectivity index (χ4v) is 5.55. The molecular weight excluding hydrogens is 538 g/mol. The molecule has 1 aromatic rings. The minimum absolute atomic E-state index is 0.0793. The van der Waals surface area contributed by atoms with Gasteiger partial charge in [0.15, 0.2) is 5.78 Å². The largest absolute Gasteiger partial charge is 0.481 e. The first-order valence-corrected chi connectivity index (χ1v) is 14.2. The molecule has 220 valence electrons. The van der Waals surface area contributed by atoms with Gasteiger partial charge in [0.2, 0.25) is 0 Å². The predicted octanol–water partition coefficient (Wildman–Crippen LogP) is 4.35. The number of nitrogens with one attached hydrogen (secondary N) is 1. The average molecular weight is 578 g/mol. The highest BCUT2D eigenvalue weighted by Gasteiger charge is 2.45. The minimum atomic E-state index is -1.17. The zero-order valence-corrected chi connectivity index (χ0v) is 24.0. The third kappa shape index (κ3) is 8.39. The van der Waals surface area contributed by atoms with Gasteiger partial charge >= 0.3 is 11.9 Å². The van der Waals surface area contributed by atoms with E-state index in [9.17, 15) is 24.6 Å². The normalized spacial score (nSPS) is 24.7. The number of carboxylic acid groups (broad SMARTS) is 1. The summed E-state index contributed by atoms with van der Waals surface area (Å²) in [5, 5.41) is 29.9. The maximum Gasteiger partial charge on any atom is 0.308 e. The second-order valence-electron chi connectivity index (χ2n) is 10.8. The molecule has 1 aromatic carbocycles. The number of aliphatic carboxylic acids is 1. The lowest BCUT2D eigenvalue weighted by atomic mass is 9.64. The number of benzene rings is 1. The lowest BCUT2D eigenvalue weighted by molar-refractivity contribution is -0.157. The highest BCUT2D eigenvalue weighted by atomic mass is 35.5. The molecule has 0 aliphatic heterocycles. The Hall–Kier alpha value is -2.72. The second-order valence-corrected chi connectivity index (χ2v) is 11.2. The van der Waals surface area contributed by atoms with Gasteiger partial charge in [0.05, 0.1) is 30.2 Å². The van der Waals surface area contributed by atoms with Gasteiger partial charge in [-0.15, -0.1) is 0 Å². The summed E-state index contributed by atoms with van der Waals surface area (Å²) in [6, 6.07) is 7.32. The fourth-order valence-electron chi connectivity index (χ4n) is 5.36. The molecule has 9 nitrogen and oxygen atoms in total. The molecule has 7 unspecified atom stereocenters. The summed E-state index contributed by atoms with van der Waals surface area (Å²) in [5.74, 6) is -2.77. The van der Waals surface area contributed by atoms with Crippen LogP contribution in [0.5, 0.6) is 0 Å². The van der Waals surface area contributed by atoms with E-state index in [2.05, 4.69) is 5.48 Å². The van der Waals surface area contributed by atoms with Gasteiger partial charge in [0.1, 0.15) is 12.7 Å². The number of hydroxylamine groups is 1. The average Bonchev–Trinajstić information content (AvgIpc) is 2.90. The van der Waals surface area contributed by atoms with Crippen molar-refractivity contribution in [2.75, 3.05) is 0 Å². The van der Waals surface area contributed by atoms with E-state index in [-0.39, 0.29) is 49.0 Å². The lowest BCUT2D eigenvalue weighted by Gasteiger charge is -2.43. The molecule has 7 atom stereocenters. The quantitative estimate of drug-likeness (QED) is 0.187. The number of esters is 1. The molecule has 0 heterocycles. The van der Waals surface area contributed by atoms with Crippen LogP contribution in [0.1, 0.15) is 64.9 Å². The molecule has 0 bridgehead atoms. The molecule has 0 aromatic heterocycles. The summed E-state index contributed by atoms with van der Waals surface area (Å²) in [7, 11) is 0. The third-order valence-corrected chi connectivity index (χ3v) is 8.28. The Kier molecular flexibility index (Phi) is 11.7. The van der Waals surface area contributed by atoms with E-state index in [1.165, 1.54) is 0 Å². The lowest BCUT2D eigenvalue weighted by Crippen LogP contribution is -2.45. The summed E-state index contributed by atoms with van der Waals surface area (Å²) in [6.07, 6.45) is 2.03. The molecule has 0 saturated heterocycles. The zero-order valence-electron chi connectivity index (χ0n) is 23.2. The molecule has 2 aliphatic carbocycles. The smallest absolute Gasteiger partial charge is 0.308 e. The Morgan fingerprint density at radius 2 is 1.93 bits per heavy atom. The van der Waals surface area contributed by atoms with Crippen LogP contribution in [0.25, 0.3) is 0 Å². The van der Waals surface area contributed by atoms with E-state index in [0.29, 0.717) is 35.6 Å². The van der Waals surface area contributed by atoms with Crippen LogP contribution in [0.4, 0.5) is 0 Å². The number of halogens is 1. The van der Waals surface area contributed by atoms with Crippen molar-refractivity contribution in [1.29, 1.82) is 0 Å². The van der Waals surface area contributed by atoms with Crippen molar-refractivity contribution in [3.63, 3.8) is 0 Å². The van der Waals surface area contributed by atoms with Crippen molar-refractivity contribution >= 4 is 29.3 Å². The van der Waals surface area contributed by atoms with Gasteiger partial charge < -0.3 is 20.1 Å². The first kappa shape index (κ1) is 31.8. The van der Waals surface area contributed by atoms with Crippen LogP contribution in [-0.4, -0.2) is 51.4 Å². The molecule has 0 spiro atoms. The summed E-state index contributed by atoms with van der Waals surface area (Å²) in [5.41, 5.74) is 5.07. The van der Waals surface area contributed by atoms with Crippen molar-refractivity contribution in [2.45, 2.75) is 84.2 Å². The Bertz CT molecular complexity index is 1120. The van der Waals surface area contributed by atoms with Crippen LogP contribution < -0.4 is 5.48 Å². The van der Waals surface area contributed by atoms with Gasteiger partial charge in [-0.2, -0.15) is 0 Å². The summed E-state index contributed by atoms with van der Waals surface area (Å²) in [4.78, 5) is 42.5. The molecule has 40 heavy (non-hydrogen) atoms. The van der Waals surface area contributed by atoms with Gasteiger partial charge in [0, 0.05) is 23.3 Å². The number of hydrogen-bond acceptors (Lipinski definition) is 8.